The lowest BCUT2D eigenvalue weighted by Crippen LogP contribution is -2.19. The lowest BCUT2D eigenvalue weighted by molar-refractivity contribution is 0.0524. The van der Waals surface area contributed by atoms with Crippen LogP contribution in [0.1, 0.15) is 17.3 Å². The van der Waals surface area contributed by atoms with Crippen LogP contribution in [0.2, 0.25) is 10.0 Å². The van der Waals surface area contributed by atoms with Crippen LogP contribution >= 0.6 is 23.2 Å². The van der Waals surface area contributed by atoms with Crippen molar-refractivity contribution in [2.75, 3.05) is 6.61 Å². The van der Waals surface area contributed by atoms with Crippen LogP contribution in [0.3, 0.4) is 0 Å². The van der Waals surface area contributed by atoms with E-state index in [1.807, 2.05) is 0 Å². The number of carbonyl (C=O) groups is 1. The molecule has 1 N–H and O–H groups in total. The van der Waals surface area contributed by atoms with Gasteiger partial charge in [-0.15, -0.1) is 0 Å². The van der Waals surface area contributed by atoms with Crippen molar-refractivity contribution >= 4 is 40.1 Å². The van der Waals surface area contributed by atoms with Gasteiger partial charge in [0.25, 0.3) is 5.56 Å². The molecule has 4 nitrogen and oxygen atoms in total. The first-order valence-electron chi connectivity index (χ1n) is 5.22. The van der Waals surface area contributed by atoms with Crippen LogP contribution in [-0.4, -0.2) is 17.6 Å². The van der Waals surface area contributed by atoms with Gasteiger partial charge < -0.3 is 9.72 Å². The lowest BCUT2D eigenvalue weighted by atomic mass is 10.1. The third-order valence-corrected chi connectivity index (χ3v) is 2.88. The first-order chi connectivity index (χ1) is 8.52. The summed E-state index contributed by atoms with van der Waals surface area (Å²) in [5.41, 5.74) is -0.160. The quantitative estimate of drug-likeness (QED) is 0.863. The van der Waals surface area contributed by atoms with Gasteiger partial charge in [-0.3, -0.25) is 4.79 Å². The van der Waals surface area contributed by atoms with Crippen LogP contribution in [0.15, 0.2) is 23.0 Å². The summed E-state index contributed by atoms with van der Waals surface area (Å²) in [4.78, 5) is 25.9. The van der Waals surface area contributed by atoms with E-state index in [9.17, 15) is 9.59 Å². The molecule has 0 saturated heterocycles. The molecule has 0 radical (unpaired) electrons. The van der Waals surface area contributed by atoms with E-state index < -0.39 is 11.5 Å². The smallest absolute Gasteiger partial charge is 0.343 e. The summed E-state index contributed by atoms with van der Waals surface area (Å²) in [5, 5.41) is 1.33. The zero-order valence-corrected chi connectivity index (χ0v) is 10.9. The Morgan fingerprint density at radius 1 is 1.33 bits per heavy atom. The van der Waals surface area contributed by atoms with Crippen molar-refractivity contribution in [2.24, 2.45) is 0 Å². The molecule has 1 heterocycles. The highest BCUT2D eigenvalue weighted by atomic mass is 35.5. The van der Waals surface area contributed by atoms with Gasteiger partial charge in [0.15, 0.2) is 0 Å². The van der Waals surface area contributed by atoms with Gasteiger partial charge in [-0.25, -0.2) is 4.79 Å². The average Bonchev–Trinajstić information content (AvgIpc) is 2.29. The molecule has 1 aromatic carbocycles. The molecule has 18 heavy (non-hydrogen) atoms. The maximum Gasteiger partial charge on any atom is 0.343 e. The molecule has 0 aliphatic carbocycles. The molecule has 2 rings (SSSR count). The SMILES string of the molecule is CCOC(=O)c1cc2cc(Cl)cc(Cl)c2[nH]c1=O. The van der Waals surface area contributed by atoms with E-state index in [1.54, 1.807) is 13.0 Å². The Morgan fingerprint density at radius 3 is 2.72 bits per heavy atom. The molecular formula is C12H9Cl2NO3. The molecule has 0 fully saturated rings. The second kappa shape index (κ2) is 5.00. The van der Waals surface area contributed by atoms with Crippen LogP contribution in [0.25, 0.3) is 10.9 Å². The number of benzene rings is 1. The summed E-state index contributed by atoms with van der Waals surface area (Å²) >= 11 is 11.8. The van der Waals surface area contributed by atoms with E-state index in [1.165, 1.54) is 12.1 Å². The van der Waals surface area contributed by atoms with Crippen molar-refractivity contribution in [1.29, 1.82) is 0 Å². The Labute approximate surface area is 112 Å². The van der Waals surface area contributed by atoms with Crippen LogP contribution in [0.5, 0.6) is 0 Å². The molecule has 0 aliphatic rings. The Kier molecular flexibility index (Phi) is 3.59. The van der Waals surface area contributed by atoms with Gasteiger partial charge in [0, 0.05) is 10.4 Å². The normalized spacial score (nSPS) is 10.6. The first kappa shape index (κ1) is 12.9. The van der Waals surface area contributed by atoms with Crippen LogP contribution in [0, 0.1) is 0 Å². The van der Waals surface area contributed by atoms with E-state index in [0.717, 1.165) is 0 Å². The molecule has 1 aromatic heterocycles. The number of ether oxygens (including phenoxy) is 1. The molecular weight excluding hydrogens is 277 g/mol. The highest BCUT2D eigenvalue weighted by Crippen LogP contribution is 2.25. The molecule has 0 bridgehead atoms. The number of carbonyl (C=O) groups excluding carboxylic acids is 1. The zero-order valence-electron chi connectivity index (χ0n) is 9.42. The Bertz CT molecular complexity index is 679. The third-order valence-electron chi connectivity index (χ3n) is 2.36. The van der Waals surface area contributed by atoms with E-state index in [-0.39, 0.29) is 12.2 Å². The van der Waals surface area contributed by atoms with Crippen molar-refractivity contribution in [2.45, 2.75) is 6.92 Å². The number of halogens is 2. The van der Waals surface area contributed by atoms with Crippen LogP contribution < -0.4 is 5.56 Å². The van der Waals surface area contributed by atoms with Gasteiger partial charge in [0.2, 0.25) is 0 Å². The standard InChI is InChI=1S/C12H9Cl2NO3/c1-2-18-12(17)8-4-6-3-7(13)5-9(14)10(6)15-11(8)16/h3-5H,2H2,1H3,(H,15,16). The van der Waals surface area contributed by atoms with Gasteiger partial charge >= 0.3 is 5.97 Å². The number of fused-ring (bicyclic) bond motifs is 1. The number of hydrogen-bond acceptors (Lipinski definition) is 3. The molecule has 0 amide bonds. The number of pyridine rings is 1. The number of nitrogens with one attached hydrogen (secondary N) is 1. The zero-order chi connectivity index (χ0) is 13.3. The summed E-state index contributed by atoms with van der Waals surface area (Å²) in [6.07, 6.45) is 0. The molecule has 0 spiro atoms. The predicted octanol–water partition coefficient (Wildman–Crippen LogP) is 3.01. The highest BCUT2D eigenvalue weighted by Gasteiger charge is 2.14. The molecule has 0 atom stereocenters. The molecule has 2 aromatic rings. The molecule has 0 unspecified atom stereocenters. The second-order valence-electron chi connectivity index (χ2n) is 3.58. The van der Waals surface area contributed by atoms with Crippen molar-refractivity contribution in [3.63, 3.8) is 0 Å². The van der Waals surface area contributed by atoms with Crippen molar-refractivity contribution in [3.05, 3.63) is 44.2 Å². The Balaban J connectivity index is 2.68. The number of aromatic amines is 1. The number of aromatic nitrogens is 1. The van der Waals surface area contributed by atoms with Gasteiger partial charge in [0.05, 0.1) is 17.1 Å². The summed E-state index contributed by atoms with van der Waals surface area (Å²) < 4.78 is 4.79. The largest absolute Gasteiger partial charge is 0.462 e. The fourth-order valence-electron chi connectivity index (χ4n) is 1.60. The summed E-state index contributed by atoms with van der Waals surface area (Å²) in [5.74, 6) is -0.670. The fraction of sp³-hybridized carbons (Fsp3) is 0.167. The van der Waals surface area contributed by atoms with Crippen molar-refractivity contribution in [3.8, 4) is 0 Å². The first-order valence-corrected chi connectivity index (χ1v) is 5.97. The van der Waals surface area contributed by atoms with Gasteiger partial charge in [-0.2, -0.15) is 0 Å². The number of hydrogen-bond donors (Lipinski definition) is 1. The monoisotopic (exact) mass is 285 g/mol. The van der Waals surface area contributed by atoms with E-state index in [4.69, 9.17) is 27.9 Å². The lowest BCUT2D eigenvalue weighted by Gasteiger charge is -2.05. The molecule has 6 heteroatoms. The van der Waals surface area contributed by atoms with Gasteiger partial charge in [0.1, 0.15) is 5.56 Å². The Hall–Kier alpha value is -1.52. The minimum absolute atomic E-state index is 0.0670. The summed E-state index contributed by atoms with van der Waals surface area (Å²) in [6, 6.07) is 4.55. The van der Waals surface area contributed by atoms with E-state index in [0.29, 0.717) is 20.9 Å². The highest BCUT2D eigenvalue weighted by molar-refractivity contribution is 6.38. The molecule has 94 valence electrons. The van der Waals surface area contributed by atoms with Crippen molar-refractivity contribution in [1.82, 2.24) is 4.98 Å². The number of H-pyrrole nitrogens is 1. The number of rotatable bonds is 2. The second-order valence-corrected chi connectivity index (χ2v) is 4.43. The topological polar surface area (TPSA) is 59.2 Å². The van der Waals surface area contributed by atoms with E-state index >= 15 is 0 Å². The third kappa shape index (κ3) is 2.35. The maximum absolute atomic E-state index is 11.7. The van der Waals surface area contributed by atoms with Gasteiger partial charge in [-0.05, 0) is 25.1 Å². The van der Waals surface area contributed by atoms with E-state index in [2.05, 4.69) is 4.98 Å². The van der Waals surface area contributed by atoms with Crippen LogP contribution in [-0.2, 0) is 4.74 Å². The predicted molar refractivity (Wildman–Crippen MR) is 70.5 cm³/mol. The summed E-state index contributed by atoms with van der Waals surface area (Å²) in [6.45, 7) is 1.87. The summed E-state index contributed by atoms with van der Waals surface area (Å²) in [7, 11) is 0. The van der Waals surface area contributed by atoms with Gasteiger partial charge in [-0.1, -0.05) is 23.2 Å². The fourth-order valence-corrected chi connectivity index (χ4v) is 2.16. The van der Waals surface area contributed by atoms with Crippen LogP contribution in [0.4, 0.5) is 0 Å². The minimum Gasteiger partial charge on any atom is -0.462 e. The molecule has 0 saturated carbocycles. The number of esters is 1. The maximum atomic E-state index is 11.7. The molecule has 0 aliphatic heterocycles. The van der Waals surface area contributed by atoms with Crippen molar-refractivity contribution < 1.29 is 9.53 Å². The average molecular weight is 286 g/mol. The minimum atomic E-state index is -0.670. The Morgan fingerprint density at radius 2 is 2.06 bits per heavy atom.